The van der Waals surface area contributed by atoms with Crippen LogP contribution in [0.2, 0.25) is 25.2 Å². The van der Waals surface area contributed by atoms with Crippen LogP contribution in [0.4, 0.5) is 0 Å². The number of rotatable bonds is 1. The van der Waals surface area contributed by atoms with Crippen LogP contribution >= 0.6 is 0 Å². The molecule has 1 unspecified atom stereocenters. The van der Waals surface area contributed by atoms with E-state index < -0.39 is 8.07 Å². The van der Waals surface area contributed by atoms with Gasteiger partial charge in [-0.2, -0.15) is 0 Å². The monoisotopic (exact) mass is 246 g/mol. The van der Waals surface area contributed by atoms with Gasteiger partial charge in [0.25, 0.3) is 0 Å². The topological polar surface area (TPSA) is 0 Å². The van der Waals surface area contributed by atoms with Gasteiger partial charge in [0.05, 0.1) is 8.07 Å². The summed E-state index contributed by atoms with van der Waals surface area (Å²) in [5.41, 5.74) is 8.47. The first kappa shape index (κ1) is 11.8. The molecule has 0 saturated carbocycles. The zero-order valence-electron chi connectivity index (χ0n) is 11.7. The van der Waals surface area contributed by atoms with Gasteiger partial charge in [0.2, 0.25) is 0 Å². The van der Waals surface area contributed by atoms with Gasteiger partial charge < -0.3 is 0 Å². The fourth-order valence-corrected chi connectivity index (χ4v) is 6.71. The van der Waals surface area contributed by atoms with Gasteiger partial charge in [-0.15, -0.1) is 0 Å². The Morgan fingerprint density at radius 3 is 2.35 bits per heavy atom. The molecule has 3 aliphatic rings. The molecule has 0 aromatic heterocycles. The van der Waals surface area contributed by atoms with Gasteiger partial charge in [-0.25, -0.2) is 0 Å². The summed E-state index contributed by atoms with van der Waals surface area (Å²) in [6.45, 7) is 7.72. The maximum absolute atomic E-state index is 2.57. The van der Waals surface area contributed by atoms with Gasteiger partial charge >= 0.3 is 0 Å². The SMILES string of the molecule is C[Si](C)(C)C1CCCC2=C1CC1=C2CCCC1. The van der Waals surface area contributed by atoms with Gasteiger partial charge in [-0.1, -0.05) is 30.8 Å². The molecule has 0 amide bonds. The zero-order chi connectivity index (χ0) is 12.0. The van der Waals surface area contributed by atoms with E-state index in [0.29, 0.717) is 0 Å². The van der Waals surface area contributed by atoms with E-state index in [1.807, 2.05) is 22.3 Å². The van der Waals surface area contributed by atoms with Gasteiger partial charge in [-0.3, -0.25) is 0 Å². The van der Waals surface area contributed by atoms with E-state index in [1.54, 1.807) is 0 Å². The first-order chi connectivity index (χ1) is 8.07. The third-order valence-electron chi connectivity index (χ3n) is 5.12. The largest absolute Gasteiger partial charge is 0.0691 e. The molecule has 0 heterocycles. The predicted molar refractivity (Wildman–Crippen MR) is 78.1 cm³/mol. The van der Waals surface area contributed by atoms with Crippen molar-refractivity contribution in [1.82, 2.24) is 0 Å². The van der Waals surface area contributed by atoms with Crippen LogP contribution in [-0.4, -0.2) is 8.07 Å². The summed E-state index contributed by atoms with van der Waals surface area (Å²) in [5, 5.41) is 0. The van der Waals surface area contributed by atoms with Crippen molar-refractivity contribution in [3.63, 3.8) is 0 Å². The summed E-state index contributed by atoms with van der Waals surface area (Å²) < 4.78 is 0. The Kier molecular flexibility index (Phi) is 2.85. The van der Waals surface area contributed by atoms with Crippen LogP contribution in [0.25, 0.3) is 0 Å². The van der Waals surface area contributed by atoms with Crippen LogP contribution in [-0.2, 0) is 0 Å². The maximum Gasteiger partial charge on any atom is 0.0517 e. The second-order valence-electron chi connectivity index (χ2n) is 7.28. The summed E-state index contributed by atoms with van der Waals surface area (Å²) >= 11 is 0. The van der Waals surface area contributed by atoms with Crippen molar-refractivity contribution in [3.8, 4) is 0 Å². The molecule has 0 fully saturated rings. The van der Waals surface area contributed by atoms with E-state index >= 15 is 0 Å². The van der Waals surface area contributed by atoms with Gasteiger partial charge in [0.15, 0.2) is 0 Å². The van der Waals surface area contributed by atoms with Crippen molar-refractivity contribution >= 4 is 8.07 Å². The van der Waals surface area contributed by atoms with Crippen molar-refractivity contribution in [2.45, 2.75) is 76.5 Å². The number of hydrogen-bond donors (Lipinski definition) is 0. The average molecular weight is 246 g/mol. The molecule has 0 nitrogen and oxygen atoms in total. The van der Waals surface area contributed by atoms with Gasteiger partial charge in [0, 0.05) is 0 Å². The van der Waals surface area contributed by atoms with Crippen molar-refractivity contribution < 1.29 is 0 Å². The highest BCUT2D eigenvalue weighted by molar-refractivity contribution is 6.78. The molecule has 0 radical (unpaired) electrons. The number of fused-ring (bicyclic) bond motifs is 1. The molecule has 0 saturated heterocycles. The fourth-order valence-electron chi connectivity index (χ4n) is 4.32. The average Bonchev–Trinajstić information content (AvgIpc) is 2.65. The molecule has 0 spiro atoms. The normalized spacial score (nSPS) is 29.5. The standard InChI is InChI=1S/C16H26Si/c1-17(2,3)16-10-6-9-14-13-8-5-4-7-12(13)11-15(14)16/h16H,4-11H2,1-3H3. The van der Waals surface area contributed by atoms with E-state index in [9.17, 15) is 0 Å². The highest BCUT2D eigenvalue weighted by Crippen LogP contribution is 2.52. The molecule has 0 aliphatic heterocycles. The summed E-state index contributed by atoms with van der Waals surface area (Å²) in [6.07, 6.45) is 11.5. The number of allylic oxidation sites excluding steroid dienone is 4. The summed E-state index contributed by atoms with van der Waals surface area (Å²) in [7, 11) is -0.991. The molecule has 17 heavy (non-hydrogen) atoms. The second-order valence-corrected chi connectivity index (χ2v) is 12.7. The van der Waals surface area contributed by atoms with Gasteiger partial charge in [0.1, 0.15) is 0 Å². The molecule has 1 heteroatoms. The first-order valence-corrected chi connectivity index (χ1v) is 11.1. The third-order valence-corrected chi connectivity index (χ3v) is 7.85. The van der Waals surface area contributed by atoms with Crippen molar-refractivity contribution in [2.24, 2.45) is 0 Å². The Morgan fingerprint density at radius 2 is 1.59 bits per heavy atom. The van der Waals surface area contributed by atoms with E-state index in [1.165, 1.54) is 51.4 Å². The number of hydrogen-bond acceptors (Lipinski definition) is 0. The predicted octanol–water partition coefficient (Wildman–Crippen LogP) is 5.45. The molecule has 1 atom stereocenters. The lowest BCUT2D eigenvalue weighted by atomic mass is 9.87. The molecule has 0 N–H and O–H groups in total. The molecule has 94 valence electrons. The Morgan fingerprint density at radius 1 is 0.882 bits per heavy atom. The highest BCUT2D eigenvalue weighted by atomic mass is 28.3. The molecular formula is C16H26Si. The molecule has 0 aromatic carbocycles. The van der Waals surface area contributed by atoms with Crippen molar-refractivity contribution in [2.75, 3.05) is 0 Å². The Balaban J connectivity index is 1.94. The molecule has 0 bridgehead atoms. The van der Waals surface area contributed by atoms with Crippen LogP contribution in [0, 0.1) is 0 Å². The van der Waals surface area contributed by atoms with Crippen molar-refractivity contribution in [1.29, 1.82) is 0 Å². The Bertz CT molecular complexity index is 392. The Hall–Kier alpha value is -0.303. The smallest absolute Gasteiger partial charge is 0.0517 e. The molecule has 3 rings (SSSR count). The summed E-state index contributed by atoms with van der Waals surface area (Å²) in [4.78, 5) is 0. The molecule has 0 aromatic rings. The minimum absolute atomic E-state index is 0.991. The second kappa shape index (κ2) is 4.12. The zero-order valence-corrected chi connectivity index (χ0v) is 12.7. The minimum Gasteiger partial charge on any atom is -0.0691 e. The minimum atomic E-state index is -0.991. The fraction of sp³-hybridized carbons (Fsp3) is 0.750. The van der Waals surface area contributed by atoms with Crippen LogP contribution in [0.5, 0.6) is 0 Å². The quantitative estimate of drug-likeness (QED) is 0.540. The van der Waals surface area contributed by atoms with Gasteiger partial charge in [-0.05, 0) is 68.1 Å². The van der Waals surface area contributed by atoms with E-state index in [4.69, 9.17) is 0 Å². The lowest BCUT2D eigenvalue weighted by Gasteiger charge is -2.35. The van der Waals surface area contributed by atoms with E-state index in [0.717, 1.165) is 5.54 Å². The Labute approximate surface area is 107 Å². The third kappa shape index (κ3) is 1.97. The van der Waals surface area contributed by atoms with Crippen LogP contribution in [0.1, 0.15) is 51.4 Å². The molecular weight excluding hydrogens is 220 g/mol. The lowest BCUT2D eigenvalue weighted by Crippen LogP contribution is -2.31. The van der Waals surface area contributed by atoms with E-state index in [2.05, 4.69) is 19.6 Å². The summed E-state index contributed by atoms with van der Waals surface area (Å²) in [5.74, 6) is 0. The maximum atomic E-state index is 2.57. The first-order valence-electron chi connectivity index (χ1n) is 7.50. The van der Waals surface area contributed by atoms with Crippen LogP contribution < -0.4 is 0 Å². The lowest BCUT2D eigenvalue weighted by molar-refractivity contribution is 0.655. The highest BCUT2D eigenvalue weighted by Gasteiger charge is 2.38. The van der Waals surface area contributed by atoms with Crippen molar-refractivity contribution in [3.05, 3.63) is 22.3 Å². The van der Waals surface area contributed by atoms with Crippen LogP contribution in [0.3, 0.4) is 0 Å². The van der Waals surface area contributed by atoms with Crippen LogP contribution in [0.15, 0.2) is 22.3 Å². The van der Waals surface area contributed by atoms with E-state index in [-0.39, 0.29) is 0 Å². The molecule has 3 aliphatic carbocycles. The summed E-state index contributed by atoms with van der Waals surface area (Å²) in [6, 6.07) is 0.